The molecule has 0 aromatic heterocycles. The first-order valence-corrected chi connectivity index (χ1v) is 29.5. The molecule has 396 valence electrons. The van der Waals surface area contributed by atoms with Gasteiger partial charge < -0.3 is 20.3 Å². The largest absolute Gasteiger partial charge is 0.462 e. The molecule has 0 radical (unpaired) electrons. The van der Waals surface area contributed by atoms with E-state index in [4.69, 9.17) is 4.74 Å². The van der Waals surface area contributed by atoms with Crippen LogP contribution in [-0.2, 0) is 14.3 Å². The molecule has 6 nitrogen and oxygen atoms in total. The van der Waals surface area contributed by atoms with Crippen molar-refractivity contribution in [2.24, 2.45) is 0 Å². The maximum absolute atomic E-state index is 13.3. The minimum Gasteiger partial charge on any atom is -0.462 e. The Hall–Kier alpha value is -2.44. The van der Waals surface area contributed by atoms with Crippen LogP contribution >= 0.6 is 0 Å². The number of unbranched alkanes of at least 4 members (excludes halogenated alkanes) is 31. The van der Waals surface area contributed by atoms with Crippen LogP contribution in [0.5, 0.6) is 0 Å². The van der Waals surface area contributed by atoms with Gasteiger partial charge in [-0.05, 0) is 70.6 Å². The van der Waals surface area contributed by atoms with Crippen LogP contribution in [0.1, 0.15) is 297 Å². The predicted octanol–water partition coefficient (Wildman–Crippen LogP) is 18.4. The molecule has 0 aliphatic heterocycles. The fourth-order valence-electron chi connectivity index (χ4n) is 8.93. The number of amides is 1. The molecule has 0 aliphatic rings. The van der Waals surface area contributed by atoms with Gasteiger partial charge in [0.2, 0.25) is 5.91 Å². The zero-order valence-corrected chi connectivity index (χ0v) is 45.2. The molecular formula is C62H113NO5. The summed E-state index contributed by atoms with van der Waals surface area (Å²) in [6.07, 6.45) is 70.0. The van der Waals surface area contributed by atoms with Gasteiger partial charge in [-0.2, -0.15) is 0 Å². The minimum absolute atomic E-state index is 0.0661. The first-order valence-electron chi connectivity index (χ1n) is 29.5. The number of nitrogens with one attached hydrogen (secondary N) is 1. The van der Waals surface area contributed by atoms with Gasteiger partial charge in [0.15, 0.2) is 0 Å². The number of esters is 1. The number of ether oxygens (including phenoxy) is 1. The summed E-state index contributed by atoms with van der Waals surface area (Å²) in [7, 11) is 0. The molecule has 0 heterocycles. The van der Waals surface area contributed by atoms with Crippen molar-refractivity contribution in [1.29, 1.82) is 0 Å². The Morgan fingerprint density at radius 3 is 1.19 bits per heavy atom. The zero-order valence-electron chi connectivity index (χ0n) is 45.2. The summed E-state index contributed by atoms with van der Waals surface area (Å²) >= 11 is 0. The molecule has 0 aromatic carbocycles. The van der Waals surface area contributed by atoms with Crippen LogP contribution in [0.15, 0.2) is 60.8 Å². The van der Waals surface area contributed by atoms with Gasteiger partial charge in [-0.1, -0.05) is 274 Å². The summed E-state index contributed by atoms with van der Waals surface area (Å²) in [5.74, 6) is -0.499. The Kier molecular flexibility index (Phi) is 53.5. The lowest BCUT2D eigenvalue weighted by atomic mass is 10.0. The first kappa shape index (κ1) is 65.6. The smallest absolute Gasteiger partial charge is 0.306 e. The number of carbonyl (C=O) groups excluding carboxylic acids is 2. The predicted molar refractivity (Wildman–Crippen MR) is 296 cm³/mol. The monoisotopic (exact) mass is 952 g/mol. The molecule has 6 heteroatoms. The molecule has 3 N–H and O–H groups in total. The molecular weight excluding hydrogens is 839 g/mol. The van der Waals surface area contributed by atoms with E-state index in [-0.39, 0.29) is 24.9 Å². The van der Waals surface area contributed by atoms with Crippen molar-refractivity contribution in [3.63, 3.8) is 0 Å². The summed E-state index contributed by atoms with van der Waals surface area (Å²) < 4.78 is 5.96. The number of hydrogen-bond acceptors (Lipinski definition) is 5. The van der Waals surface area contributed by atoms with E-state index in [1.165, 1.54) is 161 Å². The van der Waals surface area contributed by atoms with E-state index in [2.05, 4.69) is 86.8 Å². The van der Waals surface area contributed by atoms with Crippen molar-refractivity contribution in [2.75, 3.05) is 6.61 Å². The van der Waals surface area contributed by atoms with E-state index in [1.807, 2.05) is 0 Å². The van der Waals surface area contributed by atoms with Crippen molar-refractivity contribution in [2.45, 2.75) is 315 Å². The lowest BCUT2D eigenvalue weighted by molar-refractivity contribution is -0.151. The van der Waals surface area contributed by atoms with Crippen LogP contribution in [-0.4, -0.2) is 46.9 Å². The first-order chi connectivity index (χ1) is 33.5. The second-order valence-electron chi connectivity index (χ2n) is 20.0. The molecule has 3 atom stereocenters. The molecule has 0 aliphatic carbocycles. The molecule has 0 saturated heterocycles. The van der Waals surface area contributed by atoms with Crippen molar-refractivity contribution >= 4 is 11.9 Å². The highest BCUT2D eigenvalue weighted by Gasteiger charge is 2.24. The minimum atomic E-state index is -0.794. The van der Waals surface area contributed by atoms with E-state index < -0.39 is 18.2 Å². The van der Waals surface area contributed by atoms with Crippen LogP contribution in [0.2, 0.25) is 0 Å². The average Bonchev–Trinajstić information content (AvgIpc) is 3.33. The maximum atomic E-state index is 13.3. The Labute approximate surface area is 422 Å². The Bertz CT molecular complexity index is 1210. The average molecular weight is 953 g/mol. The zero-order chi connectivity index (χ0) is 49.5. The molecule has 0 aromatic rings. The molecule has 0 fully saturated rings. The third-order valence-corrected chi connectivity index (χ3v) is 13.4. The SMILES string of the molecule is CC/C=C\C/C=C\C/C=C\C/C=C\C/C=C\CCCCCC(=O)OC(CCCCCCCCCCCCCCCCC)CC(=O)NC(CO)C(O)CCCCCCCCCCCCCCCCC. The lowest BCUT2D eigenvalue weighted by Gasteiger charge is -2.24. The van der Waals surface area contributed by atoms with Crippen LogP contribution in [0.3, 0.4) is 0 Å². The maximum Gasteiger partial charge on any atom is 0.306 e. The van der Waals surface area contributed by atoms with Crippen LogP contribution < -0.4 is 5.32 Å². The van der Waals surface area contributed by atoms with Crippen LogP contribution in [0, 0.1) is 0 Å². The second-order valence-corrected chi connectivity index (χ2v) is 20.0. The summed E-state index contributed by atoms with van der Waals surface area (Å²) in [6, 6.07) is -0.709. The second kappa shape index (κ2) is 55.5. The van der Waals surface area contributed by atoms with Gasteiger partial charge in [-0.3, -0.25) is 9.59 Å². The third-order valence-electron chi connectivity index (χ3n) is 13.4. The number of aliphatic hydroxyl groups is 2. The molecule has 0 saturated carbocycles. The van der Waals surface area contributed by atoms with Crippen LogP contribution in [0.4, 0.5) is 0 Å². The Balaban J connectivity index is 4.59. The number of aliphatic hydroxyl groups excluding tert-OH is 2. The topological polar surface area (TPSA) is 95.9 Å². The molecule has 0 bridgehead atoms. The van der Waals surface area contributed by atoms with Gasteiger partial charge in [0.1, 0.15) is 6.10 Å². The van der Waals surface area contributed by atoms with Gasteiger partial charge in [-0.15, -0.1) is 0 Å². The number of allylic oxidation sites excluding steroid dienone is 10. The molecule has 68 heavy (non-hydrogen) atoms. The van der Waals surface area contributed by atoms with Gasteiger partial charge in [0.25, 0.3) is 0 Å². The van der Waals surface area contributed by atoms with Gasteiger partial charge >= 0.3 is 5.97 Å². The van der Waals surface area contributed by atoms with Gasteiger partial charge in [0.05, 0.1) is 25.2 Å². The summed E-state index contributed by atoms with van der Waals surface area (Å²) in [6.45, 7) is 6.40. The number of hydrogen-bond donors (Lipinski definition) is 3. The highest BCUT2D eigenvalue weighted by Crippen LogP contribution is 2.19. The molecule has 1 amide bonds. The third kappa shape index (κ3) is 50.0. The van der Waals surface area contributed by atoms with Gasteiger partial charge in [-0.25, -0.2) is 0 Å². The number of rotatable bonds is 53. The normalized spacial score (nSPS) is 13.5. The van der Waals surface area contributed by atoms with E-state index in [9.17, 15) is 19.8 Å². The van der Waals surface area contributed by atoms with E-state index in [0.717, 1.165) is 89.9 Å². The highest BCUT2D eigenvalue weighted by atomic mass is 16.5. The van der Waals surface area contributed by atoms with Crippen molar-refractivity contribution < 1.29 is 24.5 Å². The van der Waals surface area contributed by atoms with Crippen molar-refractivity contribution in [3.8, 4) is 0 Å². The Morgan fingerprint density at radius 1 is 0.441 bits per heavy atom. The van der Waals surface area contributed by atoms with E-state index in [0.29, 0.717) is 19.3 Å². The fraction of sp³-hybridized carbons (Fsp3) is 0.806. The quantitative estimate of drug-likeness (QED) is 0.0321. The summed E-state index contributed by atoms with van der Waals surface area (Å²) in [5.41, 5.74) is 0. The Morgan fingerprint density at radius 2 is 0.794 bits per heavy atom. The van der Waals surface area contributed by atoms with E-state index >= 15 is 0 Å². The highest BCUT2D eigenvalue weighted by molar-refractivity contribution is 5.77. The van der Waals surface area contributed by atoms with Gasteiger partial charge in [0, 0.05) is 6.42 Å². The number of carbonyl (C=O) groups is 2. The standard InChI is InChI=1S/C62H113NO5/c1-4-7-10-13-16-19-22-25-28-29-30-31-34-37-40-43-46-49-52-55-62(67)68-58(53-50-47-44-41-38-35-32-26-23-20-17-14-11-8-5-2)56-61(66)63-59(57-64)60(65)54-51-48-45-42-39-36-33-27-24-21-18-15-12-9-6-3/h7,10,16,19,25,28,30-31,37,40,58-60,64-65H,4-6,8-9,11-15,17-18,20-24,26-27,29,32-36,38-39,41-57H2,1-3H3,(H,63,66)/b10-7-,19-16-,28-25-,31-30-,40-37-. The van der Waals surface area contributed by atoms with Crippen molar-refractivity contribution in [1.82, 2.24) is 5.32 Å². The van der Waals surface area contributed by atoms with E-state index in [1.54, 1.807) is 0 Å². The summed E-state index contributed by atoms with van der Waals surface area (Å²) in [5, 5.41) is 23.9. The van der Waals surface area contributed by atoms with Crippen molar-refractivity contribution in [3.05, 3.63) is 60.8 Å². The summed E-state index contributed by atoms with van der Waals surface area (Å²) in [4.78, 5) is 26.3. The lowest BCUT2D eigenvalue weighted by Crippen LogP contribution is -2.46. The molecule has 0 spiro atoms. The molecule has 3 unspecified atom stereocenters. The fourth-order valence-corrected chi connectivity index (χ4v) is 8.93. The van der Waals surface area contributed by atoms with Crippen LogP contribution in [0.25, 0.3) is 0 Å². The molecule has 0 rings (SSSR count).